The second kappa shape index (κ2) is 6.45. The lowest BCUT2D eigenvalue weighted by molar-refractivity contribution is 0.367. The lowest BCUT2D eigenvalue weighted by Crippen LogP contribution is -2.29. The van der Waals surface area contributed by atoms with Crippen LogP contribution in [0.25, 0.3) is 16.3 Å². The molecule has 0 amide bonds. The van der Waals surface area contributed by atoms with Crippen LogP contribution in [0.2, 0.25) is 0 Å². The molecule has 6 nitrogen and oxygen atoms in total. The topological polar surface area (TPSA) is 67.1 Å². The van der Waals surface area contributed by atoms with E-state index in [1.54, 1.807) is 23.7 Å². The van der Waals surface area contributed by atoms with Crippen molar-refractivity contribution in [2.75, 3.05) is 25.1 Å². The standard InChI is InChI=1S/C16H19FN6S/c1-2-11-9-23-14(7-20-16(23)24-11)13-6-19-8-15(22-13)21-12-5-18-4-10(12)3-17/h6-10,12,18H,2-5H2,1H3,(H,21,22)/t10-,12+/m1/s1. The van der Waals surface area contributed by atoms with Crippen LogP contribution in [-0.4, -0.2) is 45.2 Å². The number of aromatic nitrogens is 4. The monoisotopic (exact) mass is 346 g/mol. The lowest BCUT2D eigenvalue weighted by Gasteiger charge is -2.17. The van der Waals surface area contributed by atoms with Gasteiger partial charge in [-0.2, -0.15) is 0 Å². The van der Waals surface area contributed by atoms with Crippen molar-refractivity contribution in [2.24, 2.45) is 5.92 Å². The Morgan fingerprint density at radius 1 is 1.38 bits per heavy atom. The minimum atomic E-state index is -0.338. The first-order chi connectivity index (χ1) is 11.8. The van der Waals surface area contributed by atoms with Gasteiger partial charge in [0.05, 0.1) is 31.0 Å². The van der Waals surface area contributed by atoms with Gasteiger partial charge in [0.2, 0.25) is 0 Å². The van der Waals surface area contributed by atoms with E-state index in [2.05, 4.69) is 43.1 Å². The molecule has 0 spiro atoms. The molecule has 1 aliphatic rings. The van der Waals surface area contributed by atoms with Gasteiger partial charge >= 0.3 is 0 Å². The number of thiazole rings is 1. The normalized spacial score (nSPS) is 20.8. The molecule has 0 aromatic carbocycles. The number of hydrogen-bond acceptors (Lipinski definition) is 6. The third-order valence-electron chi connectivity index (χ3n) is 4.38. The van der Waals surface area contributed by atoms with E-state index >= 15 is 0 Å². The fraction of sp³-hybridized carbons (Fsp3) is 0.438. The zero-order valence-corrected chi connectivity index (χ0v) is 14.2. The molecule has 3 aromatic heterocycles. The Morgan fingerprint density at radius 2 is 2.29 bits per heavy atom. The number of aryl methyl sites for hydroxylation is 1. The first-order valence-corrected chi connectivity index (χ1v) is 8.91. The molecular formula is C16H19FN6S. The van der Waals surface area contributed by atoms with Crippen LogP contribution in [-0.2, 0) is 6.42 Å². The fourth-order valence-electron chi connectivity index (χ4n) is 3.00. The maximum atomic E-state index is 13.0. The highest BCUT2D eigenvalue weighted by Gasteiger charge is 2.27. The first kappa shape index (κ1) is 15.5. The van der Waals surface area contributed by atoms with Crippen molar-refractivity contribution in [1.29, 1.82) is 0 Å². The Balaban J connectivity index is 1.63. The fourth-order valence-corrected chi connectivity index (χ4v) is 3.89. The highest BCUT2D eigenvalue weighted by atomic mass is 32.1. The van der Waals surface area contributed by atoms with Crippen molar-refractivity contribution in [2.45, 2.75) is 19.4 Å². The van der Waals surface area contributed by atoms with Gasteiger partial charge in [0, 0.05) is 36.1 Å². The zero-order valence-electron chi connectivity index (χ0n) is 13.4. The maximum Gasteiger partial charge on any atom is 0.194 e. The summed E-state index contributed by atoms with van der Waals surface area (Å²) < 4.78 is 15.1. The van der Waals surface area contributed by atoms with E-state index in [-0.39, 0.29) is 18.6 Å². The molecule has 0 bridgehead atoms. The molecule has 4 rings (SSSR count). The number of rotatable bonds is 5. The van der Waals surface area contributed by atoms with Gasteiger partial charge < -0.3 is 10.6 Å². The summed E-state index contributed by atoms with van der Waals surface area (Å²) >= 11 is 1.68. The first-order valence-electron chi connectivity index (χ1n) is 8.10. The number of imidazole rings is 1. The molecule has 126 valence electrons. The number of halogens is 1. The Kier molecular flexibility index (Phi) is 4.15. The van der Waals surface area contributed by atoms with Crippen molar-refractivity contribution in [3.8, 4) is 11.4 Å². The molecule has 0 unspecified atom stereocenters. The molecule has 2 N–H and O–H groups in total. The van der Waals surface area contributed by atoms with Crippen molar-refractivity contribution < 1.29 is 4.39 Å². The molecule has 0 saturated carbocycles. The van der Waals surface area contributed by atoms with Crippen LogP contribution < -0.4 is 10.6 Å². The summed E-state index contributed by atoms with van der Waals surface area (Å²) in [5, 5.41) is 6.51. The molecular weight excluding hydrogens is 327 g/mol. The molecule has 1 fully saturated rings. The molecule has 1 saturated heterocycles. The van der Waals surface area contributed by atoms with Crippen LogP contribution in [0.15, 0.2) is 24.8 Å². The smallest absolute Gasteiger partial charge is 0.194 e. The van der Waals surface area contributed by atoms with E-state index in [0.29, 0.717) is 12.4 Å². The molecule has 3 aromatic rings. The molecule has 1 aliphatic heterocycles. The van der Waals surface area contributed by atoms with Crippen LogP contribution in [0.3, 0.4) is 0 Å². The Morgan fingerprint density at radius 3 is 3.12 bits per heavy atom. The minimum Gasteiger partial charge on any atom is -0.364 e. The summed E-state index contributed by atoms with van der Waals surface area (Å²) in [6, 6.07) is 0.0397. The number of anilines is 1. The molecule has 4 heterocycles. The summed E-state index contributed by atoms with van der Waals surface area (Å²) in [6.45, 7) is 3.23. The molecule has 24 heavy (non-hydrogen) atoms. The van der Waals surface area contributed by atoms with Gasteiger partial charge in [-0.1, -0.05) is 6.92 Å². The largest absolute Gasteiger partial charge is 0.364 e. The lowest BCUT2D eigenvalue weighted by atomic mass is 10.1. The summed E-state index contributed by atoms with van der Waals surface area (Å²) in [4.78, 5) is 15.6. The number of nitrogens with one attached hydrogen (secondary N) is 2. The zero-order chi connectivity index (χ0) is 16.5. The third-order valence-corrected chi connectivity index (χ3v) is 5.52. The number of alkyl halides is 1. The van der Waals surface area contributed by atoms with Gasteiger partial charge in [-0.15, -0.1) is 11.3 Å². The van der Waals surface area contributed by atoms with Crippen molar-refractivity contribution in [1.82, 2.24) is 24.7 Å². The van der Waals surface area contributed by atoms with Gasteiger partial charge in [0.1, 0.15) is 11.5 Å². The Bertz CT molecular complexity index is 844. The van der Waals surface area contributed by atoms with Crippen LogP contribution in [0, 0.1) is 5.92 Å². The Labute approximate surface area is 143 Å². The Hall–Kier alpha value is -2.06. The van der Waals surface area contributed by atoms with E-state index < -0.39 is 0 Å². The predicted molar refractivity (Wildman–Crippen MR) is 93.2 cm³/mol. The van der Waals surface area contributed by atoms with Crippen LogP contribution in [0.5, 0.6) is 0 Å². The van der Waals surface area contributed by atoms with Gasteiger partial charge in [-0.05, 0) is 6.42 Å². The van der Waals surface area contributed by atoms with Crippen LogP contribution >= 0.6 is 11.3 Å². The van der Waals surface area contributed by atoms with E-state index in [9.17, 15) is 4.39 Å². The summed E-state index contributed by atoms with van der Waals surface area (Å²) in [6.07, 6.45) is 8.32. The van der Waals surface area contributed by atoms with Gasteiger partial charge in [-0.3, -0.25) is 13.8 Å². The second-order valence-corrected chi connectivity index (χ2v) is 7.05. The van der Waals surface area contributed by atoms with Crippen molar-refractivity contribution in [3.63, 3.8) is 0 Å². The van der Waals surface area contributed by atoms with Gasteiger partial charge in [-0.25, -0.2) is 9.97 Å². The SMILES string of the molecule is CCc1cn2c(-c3cncc(N[C@H]4CNC[C@H]4CF)n3)cnc2s1. The summed E-state index contributed by atoms with van der Waals surface area (Å²) in [5.74, 6) is 0.640. The average molecular weight is 346 g/mol. The maximum absolute atomic E-state index is 13.0. The van der Waals surface area contributed by atoms with E-state index in [4.69, 9.17) is 0 Å². The number of nitrogens with zero attached hydrogens (tertiary/aromatic N) is 4. The highest BCUT2D eigenvalue weighted by Crippen LogP contribution is 2.25. The van der Waals surface area contributed by atoms with Gasteiger partial charge in [0.15, 0.2) is 4.96 Å². The number of hydrogen-bond donors (Lipinski definition) is 2. The van der Waals surface area contributed by atoms with Gasteiger partial charge in [0.25, 0.3) is 0 Å². The van der Waals surface area contributed by atoms with Crippen molar-refractivity contribution >= 4 is 22.1 Å². The highest BCUT2D eigenvalue weighted by molar-refractivity contribution is 7.17. The summed E-state index contributed by atoms with van der Waals surface area (Å²) in [5.41, 5.74) is 1.68. The second-order valence-electron chi connectivity index (χ2n) is 5.96. The van der Waals surface area contributed by atoms with Crippen LogP contribution in [0.1, 0.15) is 11.8 Å². The molecule has 8 heteroatoms. The van der Waals surface area contributed by atoms with Crippen LogP contribution in [0.4, 0.5) is 10.2 Å². The third kappa shape index (κ3) is 2.76. The molecule has 2 atom stereocenters. The predicted octanol–water partition coefficient (Wildman–Crippen LogP) is 2.38. The minimum absolute atomic E-state index is 0.0267. The molecule has 0 aliphatic carbocycles. The molecule has 0 radical (unpaired) electrons. The van der Waals surface area contributed by atoms with E-state index in [1.807, 2.05) is 6.20 Å². The average Bonchev–Trinajstić information content (AvgIpc) is 3.29. The summed E-state index contributed by atoms with van der Waals surface area (Å²) in [7, 11) is 0. The quantitative estimate of drug-likeness (QED) is 0.742. The number of fused-ring (bicyclic) bond motifs is 1. The van der Waals surface area contributed by atoms with Crippen molar-refractivity contribution in [3.05, 3.63) is 29.7 Å². The van der Waals surface area contributed by atoms with E-state index in [1.165, 1.54) is 4.88 Å². The van der Waals surface area contributed by atoms with E-state index in [0.717, 1.165) is 29.3 Å².